The van der Waals surface area contributed by atoms with E-state index in [2.05, 4.69) is 15.9 Å². The standard InChI is InChI=1S/C12H14BrNO2/c1-12(2)7-8-16-11(15)14(12)10-6-4-3-5-9(10)13/h3-6H,7-8H2,1-2H3. The quantitative estimate of drug-likeness (QED) is 0.789. The molecule has 1 fully saturated rings. The summed E-state index contributed by atoms with van der Waals surface area (Å²) in [5, 5.41) is 0. The zero-order valence-corrected chi connectivity index (χ0v) is 11.0. The van der Waals surface area contributed by atoms with Crippen LogP contribution < -0.4 is 4.90 Å². The number of para-hydroxylation sites is 1. The van der Waals surface area contributed by atoms with Gasteiger partial charge in [-0.15, -0.1) is 0 Å². The van der Waals surface area contributed by atoms with Gasteiger partial charge in [-0.3, -0.25) is 4.90 Å². The highest BCUT2D eigenvalue weighted by Crippen LogP contribution is 2.35. The number of cyclic esters (lactones) is 1. The first-order chi connectivity index (χ1) is 7.52. The van der Waals surface area contributed by atoms with Gasteiger partial charge in [0.05, 0.1) is 12.3 Å². The van der Waals surface area contributed by atoms with Crippen LogP contribution in [0.25, 0.3) is 0 Å². The molecule has 0 unspecified atom stereocenters. The van der Waals surface area contributed by atoms with Crippen LogP contribution in [0.1, 0.15) is 20.3 Å². The van der Waals surface area contributed by atoms with Crippen LogP contribution in [-0.2, 0) is 4.74 Å². The summed E-state index contributed by atoms with van der Waals surface area (Å²) in [7, 11) is 0. The first-order valence-corrected chi connectivity index (χ1v) is 6.03. The third kappa shape index (κ3) is 1.94. The lowest BCUT2D eigenvalue weighted by Crippen LogP contribution is -2.53. The van der Waals surface area contributed by atoms with Crippen molar-refractivity contribution in [2.75, 3.05) is 11.5 Å². The van der Waals surface area contributed by atoms with Gasteiger partial charge >= 0.3 is 6.09 Å². The van der Waals surface area contributed by atoms with Crippen LogP contribution in [0.2, 0.25) is 0 Å². The maximum absolute atomic E-state index is 11.8. The van der Waals surface area contributed by atoms with Crippen molar-refractivity contribution in [3.8, 4) is 0 Å². The first kappa shape index (κ1) is 11.5. The molecular weight excluding hydrogens is 270 g/mol. The fourth-order valence-corrected chi connectivity index (χ4v) is 2.33. The van der Waals surface area contributed by atoms with Gasteiger partial charge in [0.25, 0.3) is 0 Å². The molecule has 0 N–H and O–H groups in total. The van der Waals surface area contributed by atoms with Gasteiger partial charge in [0.1, 0.15) is 0 Å². The van der Waals surface area contributed by atoms with E-state index in [4.69, 9.17) is 4.74 Å². The highest BCUT2D eigenvalue weighted by atomic mass is 79.9. The average molecular weight is 284 g/mol. The Labute approximate surface area is 104 Å². The highest BCUT2D eigenvalue weighted by molar-refractivity contribution is 9.10. The van der Waals surface area contributed by atoms with Gasteiger partial charge in [0, 0.05) is 16.4 Å². The van der Waals surface area contributed by atoms with E-state index in [1.807, 2.05) is 38.1 Å². The highest BCUT2D eigenvalue weighted by Gasteiger charge is 2.37. The largest absolute Gasteiger partial charge is 0.449 e. The van der Waals surface area contributed by atoms with E-state index in [0.717, 1.165) is 16.6 Å². The lowest BCUT2D eigenvalue weighted by Gasteiger charge is -2.41. The van der Waals surface area contributed by atoms with E-state index in [-0.39, 0.29) is 11.6 Å². The minimum Gasteiger partial charge on any atom is -0.449 e. The van der Waals surface area contributed by atoms with Crippen molar-refractivity contribution in [3.63, 3.8) is 0 Å². The molecule has 1 aliphatic heterocycles. The maximum atomic E-state index is 11.8. The van der Waals surface area contributed by atoms with Crippen LogP contribution in [0.4, 0.5) is 10.5 Å². The normalized spacial score (nSPS) is 19.4. The molecule has 1 saturated heterocycles. The van der Waals surface area contributed by atoms with Crippen LogP contribution in [-0.4, -0.2) is 18.2 Å². The monoisotopic (exact) mass is 283 g/mol. The predicted molar refractivity (Wildman–Crippen MR) is 66.7 cm³/mol. The van der Waals surface area contributed by atoms with E-state index >= 15 is 0 Å². The van der Waals surface area contributed by atoms with Gasteiger partial charge < -0.3 is 4.74 Å². The number of nitrogens with zero attached hydrogens (tertiary/aromatic N) is 1. The van der Waals surface area contributed by atoms with Crippen LogP contribution in [0, 0.1) is 0 Å². The number of anilines is 1. The fourth-order valence-electron chi connectivity index (χ4n) is 1.87. The lowest BCUT2D eigenvalue weighted by atomic mass is 9.97. The average Bonchev–Trinajstić information content (AvgIpc) is 2.19. The summed E-state index contributed by atoms with van der Waals surface area (Å²) >= 11 is 3.46. The number of carbonyl (C=O) groups is 1. The smallest absolute Gasteiger partial charge is 0.414 e. The summed E-state index contributed by atoms with van der Waals surface area (Å²) in [4.78, 5) is 13.6. The van der Waals surface area contributed by atoms with Crippen molar-refractivity contribution < 1.29 is 9.53 Å². The van der Waals surface area contributed by atoms with Gasteiger partial charge in [-0.05, 0) is 41.9 Å². The predicted octanol–water partition coefficient (Wildman–Crippen LogP) is 3.57. The van der Waals surface area contributed by atoms with Crippen molar-refractivity contribution in [2.24, 2.45) is 0 Å². The number of rotatable bonds is 1. The van der Waals surface area contributed by atoms with Crippen molar-refractivity contribution in [1.82, 2.24) is 0 Å². The summed E-state index contributed by atoms with van der Waals surface area (Å²) < 4.78 is 6.01. The molecule has 3 nitrogen and oxygen atoms in total. The molecule has 0 aromatic heterocycles. The summed E-state index contributed by atoms with van der Waals surface area (Å²) in [5.41, 5.74) is 0.649. The minimum atomic E-state index is -0.275. The molecule has 0 aliphatic carbocycles. The number of carbonyl (C=O) groups excluding carboxylic acids is 1. The molecule has 86 valence electrons. The van der Waals surface area contributed by atoms with Crippen molar-refractivity contribution in [1.29, 1.82) is 0 Å². The Morgan fingerprint density at radius 3 is 2.69 bits per heavy atom. The number of hydrogen-bond acceptors (Lipinski definition) is 2. The van der Waals surface area contributed by atoms with Crippen LogP contribution in [0.5, 0.6) is 0 Å². The van der Waals surface area contributed by atoms with Gasteiger partial charge in [-0.2, -0.15) is 0 Å². The Kier molecular flexibility index (Phi) is 2.93. The number of ether oxygens (including phenoxy) is 1. The SMILES string of the molecule is CC1(C)CCOC(=O)N1c1ccccc1Br. The van der Waals surface area contributed by atoms with E-state index in [9.17, 15) is 4.79 Å². The Morgan fingerprint density at radius 2 is 2.06 bits per heavy atom. The molecule has 1 aromatic carbocycles. The second kappa shape index (κ2) is 4.09. The number of halogens is 1. The Bertz CT molecular complexity index is 417. The molecule has 0 spiro atoms. The molecule has 4 heteroatoms. The molecule has 0 bridgehead atoms. The second-order valence-electron chi connectivity index (χ2n) is 4.46. The molecular formula is C12H14BrNO2. The summed E-state index contributed by atoms with van der Waals surface area (Å²) in [6.07, 6.45) is 0.559. The number of amides is 1. The lowest BCUT2D eigenvalue weighted by molar-refractivity contribution is 0.115. The second-order valence-corrected chi connectivity index (χ2v) is 5.32. The minimum absolute atomic E-state index is 0.209. The Balaban J connectivity index is 2.44. The molecule has 1 heterocycles. The molecule has 1 aliphatic rings. The molecule has 0 saturated carbocycles. The zero-order valence-electron chi connectivity index (χ0n) is 9.37. The van der Waals surface area contributed by atoms with Crippen molar-refractivity contribution in [3.05, 3.63) is 28.7 Å². The summed E-state index contributed by atoms with van der Waals surface area (Å²) in [5.74, 6) is 0. The number of benzene rings is 1. The fraction of sp³-hybridized carbons (Fsp3) is 0.417. The first-order valence-electron chi connectivity index (χ1n) is 5.24. The summed E-state index contributed by atoms with van der Waals surface area (Å²) in [6, 6.07) is 7.68. The molecule has 1 aromatic rings. The van der Waals surface area contributed by atoms with Gasteiger partial charge in [-0.1, -0.05) is 12.1 Å². The molecule has 2 rings (SSSR count). The maximum Gasteiger partial charge on any atom is 0.414 e. The van der Waals surface area contributed by atoms with E-state index in [0.29, 0.717) is 6.61 Å². The third-order valence-electron chi connectivity index (χ3n) is 2.82. The van der Waals surface area contributed by atoms with Gasteiger partial charge in [-0.25, -0.2) is 4.79 Å². The zero-order chi connectivity index (χ0) is 11.8. The van der Waals surface area contributed by atoms with E-state index in [1.54, 1.807) is 4.90 Å². The molecule has 0 radical (unpaired) electrons. The van der Waals surface area contributed by atoms with Crippen LogP contribution >= 0.6 is 15.9 Å². The molecule has 0 atom stereocenters. The van der Waals surface area contributed by atoms with Crippen molar-refractivity contribution in [2.45, 2.75) is 25.8 Å². The van der Waals surface area contributed by atoms with Gasteiger partial charge in [0.2, 0.25) is 0 Å². The van der Waals surface area contributed by atoms with Crippen LogP contribution in [0.3, 0.4) is 0 Å². The molecule has 1 amide bonds. The Morgan fingerprint density at radius 1 is 1.38 bits per heavy atom. The Hall–Kier alpha value is -1.03. The van der Waals surface area contributed by atoms with E-state index in [1.165, 1.54) is 0 Å². The molecule has 16 heavy (non-hydrogen) atoms. The number of hydrogen-bond donors (Lipinski definition) is 0. The topological polar surface area (TPSA) is 29.5 Å². The van der Waals surface area contributed by atoms with Crippen LogP contribution in [0.15, 0.2) is 28.7 Å². The van der Waals surface area contributed by atoms with Crippen molar-refractivity contribution >= 4 is 27.7 Å². The third-order valence-corrected chi connectivity index (χ3v) is 3.49. The van der Waals surface area contributed by atoms with E-state index < -0.39 is 0 Å². The summed E-state index contributed by atoms with van der Waals surface area (Å²) in [6.45, 7) is 4.59. The van der Waals surface area contributed by atoms with Gasteiger partial charge in [0.15, 0.2) is 0 Å².